The molecule has 2 aromatic carbocycles. The number of fused-ring (bicyclic) bond motifs is 2. The number of thioether (sulfide) groups is 2. The summed E-state index contributed by atoms with van der Waals surface area (Å²) in [5, 5.41) is 2.45. The van der Waals surface area contributed by atoms with E-state index >= 15 is 0 Å². The molecule has 2 aromatic heterocycles. The van der Waals surface area contributed by atoms with Gasteiger partial charge in [0.2, 0.25) is 0 Å². The van der Waals surface area contributed by atoms with Crippen LogP contribution in [0.15, 0.2) is 55.7 Å². The van der Waals surface area contributed by atoms with E-state index in [0.29, 0.717) is 32.0 Å². The van der Waals surface area contributed by atoms with Crippen molar-refractivity contribution in [1.29, 1.82) is 0 Å². The summed E-state index contributed by atoms with van der Waals surface area (Å²) in [5.41, 5.74) is 2.94. The second-order valence-corrected chi connectivity index (χ2v) is 7.84. The van der Waals surface area contributed by atoms with Gasteiger partial charge in [0.05, 0.1) is 11.5 Å². The Morgan fingerprint density at radius 2 is 1.23 bits per heavy atom. The summed E-state index contributed by atoms with van der Waals surface area (Å²) < 4.78 is 11.3. The Labute approximate surface area is 167 Å². The molecule has 26 heavy (non-hydrogen) atoms. The van der Waals surface area contributed by atoms with Crippen molar-refractivity contribution >= 4 is 68.9 Å². The Bertz CT molecular complexity index is 1060. The van der Waals surface area contributed by atoms with Gasteiger partial charge in [-0.25, -0.2) is 9.97 Å². The van der Waals surface area contributed by atoms with Crippen LogP contribution in [0.3, 0.4) is 0 Å². The lowest BCUT2D eigenvalue weighted by atomic mass is 10.3. The quantitative estimate of drug-likeness (QED) is 0.290. The van der Waals surface area contributed by atoms with Crippen LogP contribution < -0.4 is 0 Å². The van der Waals surface area contributed by atoms with Crippen LogP contribution in [0.1, 0.15) is 0 Å². The van der Waals surface area contributed by atoms with Gasteiger partial charge in [0.15, 0.2) is 11.2 Å². The van der Waals surface area contributed by atoms with Gasteiger partial charge in [-0.15, -0.1) is 0 Å². The summed E-state index contributed by atoms with van der Waals surface area (Å²) in [7, 11) is 0. The van der Waals surface area contributed by atoms with E-state index in [4.69, 9.17) is 32.0 Å². The topological polar surface area (TPSA) is 52.1 Å². The van der Waals surface area contributed by atoms with E-state index in [9.17, 15) is 0 Å². The van der Waals surface area contributed by atoms with Crippen molar-refractivity contribution in [2.24, 2.45) is 0 Å². The molecule has 0 bridgehead atoms. The molecule has 4 aromatic rings. The average molecular weight is 421 g/mol. The maximum absolute atomic E-state index is 5.94. The van der Waals surface area contributed by atoms with Gasteiger partial charge < -0.3 is 8.83 Å². The molecule has 8 heteroatoms. The molecule has 0 aliphatic rings. The molecule has 4 rings (SSSR count). The number of halogens is 2. The highest BCUT2D eigenvalue weighted by Crippen LogP contribution is 2.26. The number of oxazole rings is 2. The van der Waals surface area contributed by atoms with Gasteiger partial charge in [-0.1, -0.05) is 58.6 Å². The largest absolute Gasteiger partial charge is 0.431 e. The van der Waals surface area contributed by atoms with Crippen molar-refractivity contribution in [2.75, 3.05) is 11.5 Å². The van der Waals surface area contributed by atoms with Gasteiger partial charge in [0, 0.05) is 10.0 Å². The molecular weight excluding hydrogens is 411 g/mol. The van der Waals surface area contributed by atoms with E-state index in [0.717, 1.165) is 22.2 Å². The first-order chi connectivity index (χ1) is 12.7. The van der Waals surface area contributed by atoms with E-state index in [-0.39, 0.29) is 0 Å². The Morgan fingerprint density at radius 3 is 1.69 bits per heavy atom. The van der Waals surface area contributed by atoms with Crippen LogP contribution in [0.4, 0.5) is 0 Å². The third kappa shape index (κ3) is 4.13. The van der Waals surface area contributed by atoms with E-state index in [1.807, 2.05) is 12.1 Å². The SMILES string of the molecule is Clc1ccc2oc(SCC#CCSc3nc4cc(Cl)ccc4o3)nc2c1. The molecule has 0 N–H and O–H groups in total. The van der Waals surface area contributed by atoms with E-state index < -0.39 is 0 Å². The number of hydrogen-bond acceptors (Lipinski definition) is 6. The van der Waals surface area contributed by atoms with Gasteiger partial charge in [0.1, 0.15) is 11.0 Å². The predicted octanol–water partition coefficient (Wildman–Crippen LogP) is 6.16. The van der Waals surface area contributed by atoms with Gasteiger partial charge >= 0.3 is 0 Å². The molecule has 0 radical (unpaired) electrons. The number of aromatic nitrogens is 2. The fourth-order valence-electron chi connectivity index (χ4n) is 2.18. The minimum absolute atomic E-state index is 0.583. The summed E-state index contributed by atoms with van der Waals surface area (Å²) in [5.74, 6) is 7.33. The lowest BCUT2D eigenvalue weighted by molar-refractivity contribution is 0.489. The molecule has 0 atom stereocenters. The second kappa shape index (κ2) is 7.85. The van der Waals surface area contributed by atoms with Crippen LogP contribution in [0.5, 0.6) is 0 Å². The molecular formula is C18H10Cl2N2O2S2. The van der Waals surface area contributed by atoms with E-state index in [2.05, 4.69) is 21.8 Å². The summed E-state index contributed by atoms with van der Waals surface area (Å²) >= 11 is 14.8. The average Bonchev–Trinajstić information content (AvgIpc) is 3.20. The van der Waals surface area contributed by atoms with Crippen LogP contribution >= 0.6 is 46.7 Å². The van der Waals surface area contributed by atoms with Crippen molar-refractivity contribution in [2.45, 2.75) is 10.4 Å². The fraction of sp³-hybridized carbons (Fsp3) is 0.111. The van der Waals surface area contributed by atoms with Crippen LogP contribution in [0.25, 0.3) is 22.2 Å². The monoisotopic (exact) mass is 420 g/mol. The van der Waals surface area contributed by atoms with Crippen molar-refractivity contribution < 1.29 is 8.83 Å². The zero-order valence-electron chi connectivity index (χ0n) is 13.2. The zero-order chi connectivity index (χ0) is 17.9. The van der Waals surface area contributed by atoms with Crippen molar-refractivity contribution in [3.63, 3.8) is 0 Å². The van der Waals surface area contributed by atoms with Gasteiger partial charge in [-0.3, -0.25) is 0 Å². The maximum atomic E-state index is 5.94. The fourth-order valence-corrected chi connectivity index (χ4v) is 3.73. The maximum Gasteiger partial charge on any atom is 0.257 e. The molecule has 0 fully saturated rings. The minimum Gasteiger partial charge on any atom is -0.431 e. The zero-order valence-corrected chi connectivity index (χ0v) is 16.3. The molecule has 0 amide bonds. The van der Waals surface area contributed by atoms with Gasteiger partial charge in [0.25, 0.3) is 10.4 Å². The smallest absolute Gasteiger partial charge is 0.257 e. The first-order valence-electron chi connectivity index (χ1n) is 7.51. The van der Waals surface area contributed by atoms with Crippen LogP contribution in [0, 0.1) is 11.8 Å². The lowest BCUT2D eigenvalue weighted by Crippen LogP contribution is -1.77. The third-order valence-corrected chi connectivity index (χ3v) is 5.21. The number of benzene rings is 2. The molecule has 2 heterocycles. The minimum atomic E-state index is 0.583. The Hall–Kier alpha value is -1.78. The third-order valence-electron chi connectivity index (χ3n) is 3.32. The van der Waals surface area contributed by atoms with Crippen LogP contribution in [-0.2, 0) is 0 Å². The second-order valence-electron chi connectivity index (χ2n) is 5.11. The molecule has 0 saturated heterocycles. The van der Waals surface area contributed by atoms with Crippen molar-refractivity contribution in [3.05, 3.63) is 46.4 Å². The van der Waals surface area contributed by atoms with E-state index in [1.54, 1.807) is 24.3 Å². The standard InChI is InChI=1S/C18H10Cl2N2O2S2/c19-11-3-5-15-13(9-11)21-17(23-15)25-7-1-2-8-26-18-22-14-10-12(20)4-6-16(14)24-18/h3-6,9-10H,7-8H2. The first kappa shape index (κ1) is 17.6. The Balaban J connectivity index is 1.30. The summed E-state index contributed by atoms with van der Waals surface area (Å²) in [6.45, 7) is 0. The first-order valence-corrected chi connectivity index (χ1v) is 10.2. The normalized spacial score (nSPS) is 11.0. The predicted molar refractivity (Wildman–Crippen MR) is 107 cm³/mol. The number of nitrogens with zero attached hydrogens (tertiary/aromatic N) is 2. The molecule has 130 valence electrons. The lowest BCUT2D eigenvalue weighted by Gasteiger charge is -1.88. The molecule has 0 unspecified atom stereocenters. The van der Waals surface area contributed by atoms with Crippen LogP contribution in [0.2, 0.25) is 10.0 Å². The molecule has 0 aliphatic heterocycles. The highest BCUT2D eigenvalue weighted by Gasteiger charge is 2.07. The number of rotatable bonds is 4. The molecule has 4 nitrogen and oxygen atoms in total. The van der Waals surface area contributed by atoms with E-state index in [1.165, 1.54) is 23.5 Å². The van der Waals surface area contributed by atoms with Gasteiger partial charge in [-0.05, 0) is 36.4 Å². The molecule has 0 saturated carbocycles. The summed E-state index contributed by atoms with van der Waals surface area (Å²) in [4.78, 5) is 8.75. The highest BCUT2D eigenvalue weighted by molar-refractivity contribution is 7.99. The Morgan fingerprint density at radius 1 is 0.769 bits per heavy atom. The molecule has 0 spiro atoms. The summed E-state index contributed by atoms with van der Waals surface area (Å²) in [6, 6.07) is 10.7. The van der Waals surface area contributed by atoms with Gasteiger partial charge in [-0.2, -0.15) is 0 Å². The molecule has 0 aliphatic carbocycles. The summed E-state index contributed by atoms with van der Waals surface area (Å²) in [6.07, 6.45) is 0. The highest BCUT2D eigenvalue weighted by atomic mass is 35.5. The Kier molecular flexibility index (Phi) is 5.32. The number of hydrogen-bond donors (Lipinski definition) is 0. The van der Waals surface area contributed by atoms with Crippen molar-refractivity contribution in [1.82, 2.24) is 9.97 Å². The van der Waals surface area contributed by atoms with Crippen LogP contribution in [-0.4, -0.2) is 21.5 Å². The van der Waals surface area contributed by atoms with Crippen molar-refractivity contribution in [3.8, 4) is 11.8 Å².